The maximum Gasteiger partial charge on any atom is 0.172 e. The van der Waals surface area contributed by atoms with Gasteiger partial charge in [-0.3, -0.25) is 0 Å². The molecule has 2 rings (SSSR count). The molecule has 0 N–H and O–H groups in total. The molecule has 20 heavy (non-hydrogen) atoms. The van der Waals surface area contributed by atoms with Crippen LogP contribution in [0, 0.1) is 28.5 Å². The van der Waals surface area contributed by atoms with Crippen molar-refractivity contribution in [2.45, 2.75) is 0 Å². The second-order valence-corrected chi connectivity index (χ2v) is 3.86. The van der Waals surface area contributed by atoms with Crippen molar-refractivity contribution >= 4 is 6.08 Å². The van der Waals surface area contributed by atoms with Gasteiger partial charge in [0.05, 0.1) is 0 Å². The zero-order valence-electron chi connectivity index (χ0n) is 10.4. The Labute approximate surface area is 115 Å². The van der Waals surface area contributed by atoms with Gasteiger partial charge in [0.2, 0.25) is 0 Å². The average molecular weight is 264 g/mol. The highest BCUT2D eigenvalue weighted by Gasteiger charge is 2.09. The highest BCUT2D eigenvalue weighted by molar-refractivity contribution is 5.63. The molecular formula is C16H9FN2O. The molecule has 2 aromatic rings. The van der Waals surface area contributed by atoms with E-state index in [1.54, 1.807) is 42.5 Å². The molecule has 0 atom stereocenters. The minimum absolute atomic E-state index is 0.0418. The Hall–Kier alpha value is -3.11. The lowest BCUT2D eigenvalue weighted by molar-refractivity contribution is 0.441. The Kier molecular flexibility index (Phi) is 4.11. The SMILES string of the molecule is N#CC(C#N)=Cc1cccc(Oc2ccccc2)c1F. The number of benzene rings is 2. The van der Waals surface area contributed by atoms with Crippen LogP contribution in [0.2, 0.25) is 0 Å². The number of nitriles is 2. The van der Waals surface area contributed by atoms with Gasteiger partial charge < -0.3 is 4.74 Å². The molecule has 0 saturated carbocycles. The van der Waals surface area contributed by atoms with Crippen molar-refractivity contribution in [3.05, 3.63) is 65.5 Å². The van der Waals surface area contributed by atoms with Gasteiger partial charge in [-0.25, -0.2) is 4.39 Å². The molecule has 0 unspecified atom stereocenters. The number of hydrogen-bond donors (Lipinski definition) is 0. The van der Waals surface area contributed by atoms with Crippen LogP contribution in [0.15, 0.2) is 54.1 Å². The highest BCUT2D eigenvalue weighted by atomic mass is 19.1. The van der Waals surface area contributed by atoms with E-state index in [1.807, 2.05) is 6.07 Å². The third-order valence-electron chi connectivity index (χ3n) is 2.50. The van der Waals surface area contributed by atoms with E-state index in [-0.39, 0.29) is 16.9 Å². The molecule has 3 nitrogen and oxygen atoms in total. The van der Waals surface area contributed by atoms with Crippen molar-refractivity contribution in [3.8, 4) is 23.6 Å². The topological polar surface area (TPSA) is 56.8 Å². The van der Waals surface area contributed by atoms with Gasteiger partial charge in [-0.2, -0.15) is 10.5 Å². The molecule has 0 spiro atoms. The fourth-order valence-electron chi connectivity index (χ4n) is 1.58. The molecule has 2 aromatic carbocycles. The first-order chi connectivity index (χ1) is 9.74. The molecule has 0 amide bonds. The van der Waals surface area contributed by atoms with Crippen LogP contribution in [0.4, 0.5) is 4.39 Å². The summed E-state index contributed by atoms with van der Waals surface area (Å²) in [6.07, 6.45) is 1.19. The molecule has 0 aliphatic rings. The van der Waals surface area contributed by atoms with E-state index in [9.17, 15) is 4.39 Å². The van der Waals surface area contributed by atoms with E-state index >= 15 is 0 Å². The summed E-state index contributed by atoms with van der Waals surface area (Å²) in [5.74, 6) is -0.0622. The summed E-state index contributed by atoms with van der Waals surface area (Å²) in [5, 5.41) is 17.4. The van der Waals surface area contributed by atoms with Crippen molar-refractivity contribution in [3.63, 3.8) is 0 Å². The van der Waals surface area contributed by atoms with Gasteiger partial charge in [-0.05, 0) is 24.3 Å². The van der Waals surface area contributed by atoms with Crippen molar-refractivity contribution in [1.29, 1.82) is 10.5 Å². The van der Waals surface area contributed by atoms with Crippen molar-refractivity contribution in [2.24, 2.45) is 0 Å². The molecule has 0 bridgehead atoms. The Morgan fingerprint density at radius 1 is 1.00 bits per heavy atom. The van der Waals surface area contributed by atoms with Gasteiger partial charge in [-0.1, -0.05) is 30.3 Å². The second kappa shape index (κ2) is 6.17. The summed E-state index contributed by atoms with van der Waals surface area (Å²) < 4.78 is 19.6. The molecule has 0 saturated heterocycles. The summed E-state index contributed by atoms with van der Waals surface area (Å²) in [5.41, 5.74) is -0.0303. The van der Waals surface area contributed by atoms with Crippen molar-refractivity contribution < 1.29 is 9.13 Å². The number of hydrogen-bond acceptors (Lipinski definition) is 3. The minimum atomic E-state index is -0.612. The zero-order chi connectivity index (χ0) is 14.4. The van der Waals surface area contributed by atoms with Crippen LogP contribution >= 0.6 is 0 Å². The van der Waals surface area contributed by atoms with Crippen LogP contribution < -0.4 is 4.74 Å². The molecular weight excluding hydrogens is 255 g/mol. The molecule has 0 fully saturated rings. The van der Waals surface area contributed by atoms with Gasteiger partial charge in [0.15, 0.2) is 11.6 Å². The summed E-state index contributed by atoms with van der Waals surface area (Å²) in [7, 11) is 0. The summed E-state index contributed by atoms with van der Waals surface area (Å²) in [4.78, 5) is 0. The fraction of sp³-hybridized carbons (Fsp3) is 0. The minimum Gasteiger partial charge on any atom is -0.454 e. The first-order valence-corrected chi connectivity index (χ1v) is 5.78. The normalized spacial score (nSPS) is 9.15. The molecule has 0 radical (unpaired) electrons. The number of allylic oxidation sites excluding steroid dienone is 1. The lowest BCUT2D eigenvalue weighted by Crippen LogP contribution is -1.91. The van der Waals surface area contributed by atoms with Gasteiger partial charge in [0.25, 0.3) is 0 Å². The highest BCUT2D eigenvalue weighted by Crippen LogP contribution is 2.27. The predicted octanol–water partition coefficient (Wildman–Crippen LogP) is 4.05. The van der Waals surface area contributed by atoms with E-state index in [2.05, 4.69) is 0 Å². The molecule has 0 aliphatic heterocycles. The molecule has 4 heteroatoms. The number of halogens is 1. The van der Waals surface area contributed by atoms with Crippen LogP contribution in [-0.2, 0) is 0 Å². The Balaban J connectivity index is 2.36. The second-order valence-electron chi connectivity index (χ2n) is 3.86. The smallest absolute Gasteiger partial charge is 0.172 e. The monoisotopic (exact) mass is 264 g/mol. The van der Waals surface area contributed by atoms with Crippen LogP contribution in [0.25, 0.3) is 6.08 Å². The van der Waals surface area contributed by atoms with E-state index < -0.39 is 5.82 Å². The summed E-state index contributed by atoms with van der Waals surface area (Å²) in [6.45, 7) is 0. The first-order valence-electron chi connectivity index (χ1n) is 5.78. The lowest BCUT2D eigenvalue weighted by Gasteiger charge is -2.08. The van der Waals surface area contributed by atoms with Crippen LogP contribution in [-0.4, -0.2) is 0 Å². The fourth-order valence-corrected chi connectivity index (χ4v) is 1.58. The van der Waals surface area contributed by atoms with E-state index in [1.165, 1.54) is 18.2 Å². The molecule has 0 aliphatic carbocycles. The average Bonchev–Trinajstić information content (AvgIpc) is 2.49. The van der Waals surface area contributed by atoms with Crippen LogP contribution in [0.5, 0.6) is 11.5 Å². The Bertz CT molecular complexity index is 708. The largest absolute Gasteiger partial charge is 0.454 e. The molecule has 96 valence electrons. The molecule has 0 aromatic heterocycles. The van der Waals surface area contributed by atoms with Gasteiger partial charge in [0.1, 0.15) is 23.5 Å². The number of para-hydroxylation sites is 1. The summed E-state index contributed by atoms with van der Waals surface area (Å²) in [6, 6.07) is 16.7. The quantitative estimate of drug-likeness (QED) is 0.786. The first kappa shape index (κ1) is 13.3. The van der Waals surface area contributed by atoms with E-state index in [0.29, 0.717) is 5.75 Å². The standard InChI is InChI=1S/C16H9FN2O/c17-16-13(9-12(10-18)11-19)5-4-8-15(16)20-14-6-2-1-3-7-14/h1-9H. The van der Waals surface area contributed by atoms with Crippen LogP contribution in [0.3, 0.4) is 0 Å². The van der Waals surface area contributed by atoms with Crippen molar-refractivity contribution in [1.82, 2.24) is 0 Å². The zero-order valence-corrected chi connectivity index (χ0v) is 10.4. The van der Waals surface area contributed by atoms with Gasteiger partial charge in [-0.15, -0.1) is 0 Å². The van der Waals surface area contributed by atoms with Crippen molar-refractivity contribution in [2.75, 3.05) is 0 Å². The van der Waals surface area contributed by atoms with E-state index in [0.717, 1.165) is 0 Å². The number of rotatable bonds is 3. The third-order valence-corrected chi connectivity index (χ3v) is 2.50. The molecule has 0 heterocycles. The number of ether oxygens (including phenoxy) is 1. The predicted molar refractivity (Wildman–Crippen MR) is 72.1 cm³/mol. The van der Waals surface area contributed by atoms with Gasteiger partial charge >= 0.3 is 0 Å². The maximum atomic E-state index is 14.2. The summed E-state index contributed by atoms with van der Waals surface area (Å²) >= 11 is 0. The van der Waals surface area contributed by atoms with E-state index in [4.69, 9.17) is 15.3 Å². The van der Waals surface area contributed by atoms with Crippen LogP contribution in [0.1, 0.15) is 5.56 Å². The Morgan fingerprint density at radius 2 is 1.70 bits per heavy atom. The maximum absolute atomic E-state index is 14.2. The lowest BCUT2D eigenvalue weighted by atomic mass is 10.1. The number of nitrogens with zero attached hydrogens (tertiary/aromatic N) is 2. The third kappa shape index (κ3) is 3.01. The Morgan fingerprint density at radius 3 is 2.35 bits per heavy atom. The van der Waals surface area contributed by atoms with Gasteiger partial charge in [0, 0.05) is 5.56 Å².